The number of rotatable bonds is 8. The van der Waals surface area contributed by atoms with Crippen molar-refractivity contribution in [3.63, 3.8) is 0 Å². The summed E-state index contributed by atoms with van der Waals surface area (Å²) in [5.74, 6) is 0.156. The van der Waals surface area contributed by atoms with Gasteiger partial charge in [-0.05, 0) is 44.2 Å². The van der Waals surface area contributed by atoms with Gasteiger partial charge in [0.1, 0.15) is 12.1 Å². The van der Waals surface area contributed by atoms with Crippen molar-refractivity contribution < 1.29 is 14.0 Å². The Balaban J connectivity index is 1.36. The quantitative estimate of drug-likeness (QED) is 0.426. The van der Waals surface area contributed by atoms with Gasteiger partial charge in [0.25, 0.3) is 0 Å². The van der Waals surface area contributed by atoms with Gasteiger partial charge in [0.2, 0.25) is 17.7 Å². The van der Waals surface area contributed by atoms with Crippen molar-refractivity contribution >= 4 is 34.5 Å². The van der Waals surface area contributed by atoms with E-state index in [1.807, 2.05) is 19.9 Å². The van der Waals surface area contributed by atoms with Gasteiger partial charge in [-0.3, -0.25) is 18.7 Å². The molecule has 0 saturated heterocycles. The van der Waals surface area contributed by atoms with E-state index in [-0.39, 0.29) is 30.3 Å². The Hall–Kier alpha value is -4.21. The third-order valence-corrected chi connectivity index (χ3v) is 5.17. The lowest BCUT2D eigenvalue weighted by Gasteiger charge is -2.07. The summed E-state index contributed by atoms with van der Waals surface area (Å²) in [6, 6.07) is 10.5. The van der Waals surface area contributed by atoms with Gasteiger partial charge in [-0.1, -0.05) is 6.07 Å². The van der Waals surface area contributed by atoms with Crippen LogP contribution in [0.15, 0.2) is 58.1 Å². The molecule has 2 N–H and O–H groups in total. The first-order chi connectivity index (χ1) is 16.0. The highest BCUT2D eigenvalue weighted by Gasteiger charge is 2.14. The van der Waals surface area contributed by atoms with Gasteiger partial charge < -0.3 is 15.1 Å². The first-order valence-electron chi connectivity index (χ1n) is 10.7. The number of nitrogens with zero attached hydrogens (tertiary/aromatic N) is 4. The van der Waals surface area contributed by atoms with Crippen molar-refractivity contribution in [2.45, 2.75) is 39.8 Å². The number of pyridine rings is 1. The molecule has 0 bridgehead atoms. The summed E-state index contributed by atoms with van der Waals surface area (Å²) < 4.78 is 8.47. The highest BCUT2D eigenvalue weighted by atomic mass is 16.3. The van der Waals surface area contributed by atoms with Crippen LogP contribution in [0.5, 0.6) is 0 Å². The molecule has 33 heavy (non-hydrogen) atoms. The highest BCUT2D eigenvalue weighted by molar-refractivity contribution is 5.97. The van der Waals surface area contributed by atoms with E-state index >= 15 is 0 Å². The summed E-state index contributed by atoms with van der Waals surface area (Å²) in [7, 11) is 0. The minimum absolute atomic E-state index is 0.00316. The van der Waals surface area contributed by atoms with E-state index < -0.39 is 0 Å². The average Bonchev–Trinajstić information content (AvgIpc) is 3.43. The predicted molar refractivity (Wildman–Crippen MR) is 124 cm³/mol. The van der Waals surface area contributed by atoms with E-state index in [2.05, 4.69) is 20.6 Å². The predicted octanol–water partition coefficient (Wildman–Crippen LogP) is 3.25. The molecule has 0 aliphatic carbocycles. The third kappa shape index (κ3) is 4.69. The number of aromatic nitrogens is 4. The second-order valence-corrected chi connectivity index (χ2v) is 7.32. The summed E-state index contributed by atoms with van der Waals surface area (Å²) in [6.45, 7) is 4.77. The first kappa shape index (κ1) is 22.0. The van der Waals surface area contributed by atoms with Crippen LogP contribution in [0.3, 0.4) is 0 Å². The summed E-state index contributed by atoms with van der Waals surface area (Å²) in [5, 5.41) is 5.48. The fourth-order valence-electron chi connectivity index (χ4n) is 3.60. The van der Waals surface area contributed by atoms with Crippen LogP contribution in [-0.4, -0.2) is 30.9 Å². The number of fused-ring (bicyclic) bond motifs is 1. The second kappa shape index (κ2) is 9.51. The number of imidazole rings is 1. The largest absolute Gasteiger partial charge is 0.445 e. The van der Waals surface area contributed by atoms with Crippen LogP contribution < -0.4 is 16.3 Å². The zero-order valence-electron chi connectivity index (χ0n) is 18.4. The maximum absolute atomic E-state index is 12.4. The molecular weight excluding hydrogens is 424 g/mol. The summed E-state index contributed by atoms with van der Waals surface area (Å²) in [5.41, 5.74) is 2.43. The molecular formula is C23H24N6O4. The maximum Gasteiger partial charge on any atom is 0.330 e. The number of hydrogen-bond acceptors (Lipinski definition) is 6. The standard InChI is InChI=1S/C23H24N6O4/c1-3-28-17-8-9-18(27-21(17)29(4-2)23(28)32)26-20(31)11-10-19(30)25-16-7-5-6-15(14-16)22-24-12-13-33-22/h5-9,12-14H,3-4,10-11H2,1-2H3,(H,25,30)(H,26,27,31). The fourth-order valence-corrected chi connectivity index (χ4v) is 3.60. The molecule has 0 unspecified atom stereocenters. The zero-order chi connectivity index (χ0) is 23.4. The molecule has 10 nitrogen and oxygen atoms in total. The number of hydrogen-bond donors (Lipinski definition) is 2. The molecule has 10 heteroatoms. The highest BCUT2D eigenvalue weighted by Crippen LogP contribution is 2.21. The Kier molecular flexibility index (Phi) is 6.34. The van der Waals surface area contributed by atoms with Crippen LogP contribution in [0.4, 0.5) is 11.5 Å². The number of amides is 2. The molecule has 0 aliphatic heterocycles. The Bertz CT molecular complexity index is 1350. The molecule has 3 aromatic heterocycles. The van der Waals surface area contributed by atoms with Crippen molar-refractivity contribution in [3.05, 3.63) is 59.3 Å². The molecule has 0 atom stereocenters. The molecule has 0 saturated carbocycles. The molecule has 0 fully saturated rings. The molecule has 1 aromatic carbocycles. The van der Waals surface area contributed by atoms with Gasteiger partial charge in [-0.15, -0.1) is 0 Å². The van der Waals surface area contributed by atoms with Crippen LogP contribution in [-0.2, 0) is 22.7 Å². The third-order valence-electron chi connectivity index (χ3n) is 5.17. The number of nitrogens with one attached hydrogen (secondary N) is 2. The van der Waals surface area contributed by atoms with E-state index in [0.717, 1.165) is 5.56 Å². The van der Waals surface area contributed by atoms with Crippen LogP contribution >= 0.6 is 0 Å². The van der Waals surface area contributed by atoms with Gasteiger partial charge in [-0.2, -0.15) is 0 Å². The number of carbonyl (C=O) groups is 2. The lowest BCUT2D eigenvalue weighted by atomic mass is 10.2. The van der Waals surface area contributed by atoms with E-state index in [1.54, 1.807) is 45.7 Å². The van der Waals surface area contributed by atoms with Crippen molar-refractivity contribution in [2.75, 3.05) is 10.6 Å². The fraction of sp³-hybridized carbons (Fsp3) is 0.261. The van der Waals surface area contributed by atoms with E-state index in [4.69, 9.17) is 4.42 Å². The van der Waals surface area contributed by atoms with E-state index in [9.17, 15) is 14.4 Å². The van der Waals surface area contributed by atoms with Crippen molar-refractivity contribution in [1.82, 2.24) is 19.1 Å². The molecule has 170 valence electrons. The van der Waals surface area contributed by atoms with Gasteiger partial charge in [-0.25, -0.2) is 14.8 Å². The van der Waals surface area contributed by atoms with Crippen LogP contribution in [0.1, 0.15) is 26.7 Å². The normalized spacial score (nSPS) is 11.0. The molecule has 4 rings (SSSR count). The first-order valence-corrected chi connectivity index (χ1v) is 10.7. The Morgan fingerprint density at radius 2 is 1.76 bits per heavy atom. The smallest absolute Gasteiger partial charge is 0.330 e. The average molecular weight is 448 g/mol. The van der Waals surface area contributed by atoms with Crippen LogP contribution in [0.25, 0.3) is 22.6 Å². The van der Waals surface area contributed by atoms with Crippen molar-refractivity contribution in [1.29, 1.82) is 0 Å². The van der Waals surface area contributed by atoms with Crippen molar-refractivity contribution in [2.24, 2.45) is 0 Å². The lowest BCUT2D eigenvalue weighted by molar-refractivity contribution is -0.121. The topological polar surface area (TPSA) is 124 Å². The minimum Gasteiger partial charge on any atom is -0.445 e. The second-order valence-electron chi connectivity index (χ2n) is 7.32. The molecule has 0 aliphatic rings. The number of carbonyl (C=O) groups excluding carboxylic acids is 2. The Morgan fingerprint density at radius 1 is 1.00 bits per heavy atom. The van der Waals surface area contributed by atoms with E-state index in [0.29, 0.717) is 41.6 Å². The molecule has 0 spiro atoms. The number of oxazole rings is 1. The number of anilines is 2. The molecule has 3 heterocycles. The zero-order valence-corrected chi connectivity index (χ0v) is 18.4. The number of benzene rings is 1. The van der Waals surface area contributed by atoms with Gasteiger partial charge in [0, 0.05) is 37.2 Å². The van der Waals surface area contributed by atoms with Crippen LogP contribution in [0, 0.1) is 0 Å². The molecule has 2 amide bonds. The van der Waals surface area contributed by atoms with Gasteiger partial charge in [0.15, 0.2) is 5.65 Å². The summed E-state index contributed by atoms with van der Waals surface area (Å²) in [6.07, 6.45) is 3.02. The number of aryl methyl sites for hydroxylation is 2. The van der Waals surface area contributed by atoms with Gasteiger partial charge in [0.05, 0.1) is 11.7 Å². The lowest BCUT2D eigenvalue weighted by Crippen LogP contribution is -2.23. The maximum atomic E-state index is 12.4. The summed E-state index contributed by atoms with van der Waals surface area (Å²) in [4.78, 5) is 45.7. The summed E-state index contributed by atoms with van der Waals surface area (Å²) >= 11 is 0. The Morgan fingerprint density at radius 3 is 2.45 bits per heavy atom. The molecule has 0 radical (unpaired) electrons. The van der Waals surface area contributed by atoms with Crippen molar-refractivity contribution in [3.8, 4) is 11.5 Å². The minimum atomic E-state index is -0.342. The Labute approximate surface area is 189 Å². The van der Waals surface area contributed by atoms with Crippen LogP contribution in [0.2, 0.25) is 0 Å². The van der Waals surface area contributed by atoms with Gasteiger partial charge >= 0.3 is 5.69 Å². The monoisotopic (exact) mass is 448 g/mol. The molecule has 4 aromatic rings. The van der Waals surface area contributed by atoms with E-state index in [1.165, 1.54) is 6.26 Å². The SMILES string of the molecule is CCn1c(=O)n(CC)c2nc(NC(=O)CCC(=O)Nc3cccc(-c4ncco4)c3)ccc21.